The minimum Gasteiger partial charge on any atom is -0.489 e. The lowest BCUT2D eigenvalue weighted by Gasteiger charge is -2.31. The minimum absolute atomic E-state index is 0.0193. The molecule has 2 aliphatic rings. The topological polar surface area (TPSA) is 85.3 Å². The Morgan fingerprint density at radius 1 is 1.21 bits per heavy atom. The highest BCUT2D eigenvalue weighted by Gasteiger charge is 2.39. The Morgan fingerprint density at radius 3 is 2.83 bits per heavy atom. The molecule has 0 bridgehead atoms. The van der Waals surface area contributed by atoms with Crippen molar-refractivity contribution >= 4 is 5.78 Å². The van der Waals surface area contributed by atoms with Crippen LogP contribution in [0.3, 0.4) is 0 Å². The minimum atomic E-state index is -0.639. The molecule has 29 heavy (non-hydrogen) atoms. The van der Waals surface area contributed by atoms with Gasteiger partial charge in [-0.05, 0) is 30.2 Å². The number of nitriles is 1. The van der Waals surface area contributed by atoms with Crippen LogP contribution in [-0.2, 0) is 16.1 Å². The lowest BCUT2D eigenvalue weighted by molar-refractivity contribution is -0.116. The maximum Gasteiger partial charge on any atom is 0.205 e. The number of Topliss-reactive ketones (excluding diaryl/α,β-unsaturated/α-hetero) is 1. The number of allylic oxidation sites excluding steroid dienone is 3. The Morgan fingerprint density at radius 2 is 2.03 bits per heavy atom. The quantitative estimate of drug-likeness (QED) is 0.845. The largest absolute Gasteiger partial charge is 0.489 e. The van der Waals surface area contributed by atoms with Gasteiger partial charge in [-0.2, -0.15) is 5.26 Å². The SMILES string of the molecule is N#CC1=C(N)OC2=C(C(=O)CCC2)[C@H]1c1ccccc1OCc1cccc(F)c1. The van der Waals surface area contributed by atoms with Crippen molar-refractivity contribution in [3.8, 4) is 11.8 Å². The second-order valence-corrected chi connectivity index (χ2v) is 6.99. The molecule has 146 valence electrons. The number of rotatable bonds is 4. The lowest BCUT2D eigenvalue weighted by Crippen LogP contribution is -2.27. The summed E-state index contributed by atoms with van der Waals surface area (Å²) in [7, 11) is 0. The van der Waals surface area contributed by atoms with Crippen LogP contribution in [0.15, 0.2) is 71.3 Å². The molecule has 0 amide bonds. The molecule has 2 aromatic rings. The number of hydrogen-bond acceptors (Lipinski definition) is 5. The standard InChI is InChI=1S/C23H19FN2O3/c24-15-6-3-5-14(11-15)13-28-19-9-2-1-7-16(19)21-17(12-25)23(26)29-20-10-4-8-18(27)22(20)21/h1-3,5-7,9,11,21H,4,8,10,13,26H2/t21-/m0/s1. The first-order chi connectivity index (χ1) is 14.1. The number of ketones is 1. The first-order valence-corrected chi connectivity index (χ1v) is 9.38. The van der Waals surface area contributed by atoms with Gasteiger partial charge in [0.25, 0.3) is 0 Å². The first-order valence-electron chi connectivity index (χ1n) is 9.38. The van der Waals surface area contributed by atoms with E-state index >= 15 is 0 Å². The zero-order valence-corrected chi connectivity index (χ0v) is 15.7. The van der Waals surface area contributed by atoms with Crippen LogP contribution < -0.4 is 10.5 Å². The van der Waals surface area contributed by atoms with E-state index < -0.39 is 5.92 Å². The molecule has 0 spiro atoms. The fourth-order valence-electron chi connectivity index (χ4n) is 3.81. The van der Waals surface area contributed by atoms with Gasteiger partial charge in [-0.25, -0.2) is 4.39 Å². The van der Waals surface area contributed by atoms with Crippen molar-refractivity contribution in [2.24, 2.45) is 5.73 Å². The molecule has 0 saturated heterocycles. The van der Waals surface area contributed by atoms with Gasteiger partial charge in [0.2, 0.25) is 5.88 Å². The number of para-hydroxylation sites is 1. The Balaban J connectivity index is 1.74. The summed E-state index contributed by atoms with van der Waals surface area (Å²) in [5.41, 5.74) is 8.02. The van der Waals surface area contributed by atoms with Crippen LogP contribution in [0.4, 0.5) is 4.39 Å². The van der Waals surface area contributed by atoms with Crippen molar-refractivity contribution in [2.45, 2.75) is 31.8 Å². The summed E-state index contributed by atoms with van der Waals surface area (Å²) in [6.07, 6.45) is 1.70. The predicted octanol–water partition coefficient (Wildman–Crippen LogP) is 4.22. The number of nitrogens with two attached hydrogens (primary N) is 1. The summed E-state index contributed by atoms with van der Waals surface area (Å²) < 4.78 is 25.0. The van der Waals surface area contributed by atoms with Crippen LogP contribution >= 0.6 is 0 Å². The summed E-state index contributed by atoms with van der Waals surface area (Å²) in [6.45, 7) is 0.152. The van der Waals surface area contributed by atoms with Gasteiger partial charge in [-0.3, -0.25) is 4.79 Å². The third-order valence-electron chi connectivity index (χ3n) is 5.12. The molecule has 0 aromatic heterocycles. The number of nitrogens with zero attached hydrogens (tertiary/aromatic N) is 1. The fourth-order valence-corrected chi connectivity index (χ4v) is 3.81. The second-order valence-electron chi connectivity index (χ2n) is 6.99. The van der Waals surface area contributed by atoms with E-state index in [1.807, 2.05) is 12.1 Å². The normalized spacial score (nSPS) is 18.8. The van der Waals surface area contributed by atoms with Gasteiger partial charge in [0.05, 0.1) is 5.92 Å². The fraction of sp³-hybridized carbons (Fsp3) is 0.217. The molecule has 1 atom stereocenters. The number of carbonyl (C=O) groups is 1. The van der Waals surface area contributed by atoms with E-state index in [1.165, 1.54) is 12.1 Å². The average molecular weight is 390 g/mol. The summed E-state index contributed by atoms with van der Waals surface area (Å²) in [5.74, 6) is 0.0357. The molecular weight excluding hydrogens is 371 g/mol. The average Bonchev–Trinajstić information content (AvgIpc) is 2.72. The van der Waals surface area contributed by atoms with Gasteiger partial charge in [-0.1, -0.05) is 30.3 Å². The lowest BCUT2D eigenvalue weighted by atomic mass is 9.77. The number of benzene rings is 2. The van der Waals surface area contributed by atoms with Crippen LogP contribution in [-0.4, -0.2) is 5.78 Å². The number of hydrogen-bond donors (Lipinski definition) is 1. The summed E-state index contributed by atoms with van der Waals surface area (Å²) in [5, 5.41) is 9.71. The molecular formula is C23H19FN2O3. The Hall–Kier alpha value is -3.59. The molecule has 1 aliphatic carbocycles. The van der Waals surface area contributed by atoms with Gasteiger partial charge < -0.3 is 15.2 Å². The van der Waals surface area contributed by atoms with Crippen molar-refractivity contribution in [3.05, 3.63) is 88.3 Å². The highest BCUT2D eigenvalue weighted by Crippen LogP contribution is 2.45. The molecule has 4 rings (SSSR count). The first kappa shape index (κ1) is 18.8. The van der Waals surface area contributed by atoms with E-state index in [4.69, 9.17) is 15.2 Å². The molecule has 1 heterocycles. The number of carbonyl (C=O) groups excluding carboxylic acids is 1. The van der Waals surface area contributed by atoms with Gasteiger partial charge >= 0.3 is 0 Å². The molecule has 0 unspecified atom stereocenters. The molecule has 2 N–H and O–H groups in total. The van der Waals surface area contributed by atoms with Gasteiger partial charge in [0.1, 0.15) is 35.6 Å². The number of ether oxygens (including phenoxy) is 2. The molecule has 0 fully saturated rings. The zero-order chi connectivity index (χ0) is 20.4. The molecule has 6 heteroatoms. The highest BCUT2D eigenvalue weighted by atomic mass is 19.1. The van der Waals surface area contributed by atoms with Crippen LogP contribution in [0, 0.1) is 17.1 Å². The summed E-state index contributed by atoms with van der Waals surface area (Å²) >= 11 is 0. The van der Waals surface area contributed by atoms with Crippen molar-refractivity contribution in [2.75, 3.05) is 0 Å². The van der Waals surface area contributed by atoms with E-state index in [2.05, 4.69) is 6.07 Å². The monoisotopic (exact) mass is 390 g/mol. The van der Waals surface area contributed by atoms with Gasteiger partial charge in [0.15, 0.2) is 5.78 Å². The smallest absolute Gasteiger partial charge is 0.205 e. The van der Waals surface area contributed by atoms with Gasteiger partial charge in [0, 0.05) is 24.0 Å². The molecule has 0 saturated carbocycles. The molecule has 2 aromatic carbocycles. The second kappa shape index (κ2) is 7.80. The maximum atomic E-state index is 13.5. The van der Waals surface area contributed by atoms with Crippen molar-refractivity contribution in [1.29, 1.82) is 5.26 Å². The third kappa shape index (κ3) is 3.59. The maximum absolute atomic E-state index is 13.5. The Labute approximate surface area is 167 Å². The Kier molecular flexibility index (Phi) is 5.05. The molecule has 1 aliphatic heterocycles. The van der Waals surface area contributed by atoms with Crippen LogP contribution in [0.1, 0.15) is 36.3 Å². The van der Waals surface area contributed by atoms with Crippen LogP contribution in [0.2, 0.25) is 0 Å². The van der Waals surface area contributed by atoms with Crippen LogP contribution in [0.25, 0.3) is 0 Å². The Bertz CT molecular complexity index is 1080. The van der Waals surface area contributed by atoms with E-state index in [0.717, 1.165) is 0 Å². The van der Waals surface area contributed by atoms with Gasteiger partial charge in [-0.15, -0.1) is 0 Å². The zero-order valence-electron chi connectivity index (χ0n) is 15.7. The third-order valence-corrected chi connectivity index (χ3v) is 5.12. The van der Waals surface area contributed by atoms with Crippen molar-refractivity contribution in [1.82, 2.24) is 0 Å². The van der Waals surface area contributed by atoms with E-state index in [1.54, 1.807) is 24.3 Å². The van der Waals surface area contributed by atoms with E-state index in [9.17, 15) is 14.4 Å². The van der Waals surface area contributed by atoms with Crippen molar-refractivity contribution < 1.29 is 18.7 Å². The van der Waals surface area contributed by atoms with Crippen LogP contribution in [0.5, 0.6) is 5.75 Å². The molecule has 0 radical (unpaired) electrons. The highest BCUT2D eigenvalue weighted by molar-refractivity contribution is 5.99. The van der Waals surface area contributed by atoms with E-state index in [0.29, 0.717) is 47.5 Å². The number of halogens is 1. The summed E-state index contributed by atoms with van der Waals surface area (Å²) in [4.78, 5) is 12.7. The molecule has 5 nitrogen and oxygen atoms in total. The van der Waals surface area contributed by atoms with Crippen molar-refractivity contribution in [3.63, 3.8) is 0 Å². The van der Waals surface area contributed by atoms with E-state index in [-0.39, 0.29) is 29.7 Å². The predicted molar refractivity (Wildman–Crippen MR) is 104 cm³/mol. The summed E-state index contributed by atoms with van der Waals surface area (Å²) in [6, 6.07) is 15.5.